The van der Waals surface area contributed by atoms with Crippen LogP contribution in [0.25, 0.3) is 0 Å². The SMILES string of the molecule is Cc1cc(C)cc(CCNC(=NCc2nnc(C)n2C)NC2CCCCC2)c1. The number of hydrogen-bond donors (Lipinski definition) is 2. The van der Waals surface area contributed by atoms with Gasteiger partial charge in [-0.15, -0.1) is 10.2 Å². The van der Waals surface area contributed by atoms with Crippen molar-refractivity contribution in [3.05, 3.63) is 46.5 Å². The van der Waals surface area contributed by atoms with Gasteiger partial charge in [0.25, 0.3) is 0 Å². The Bertz CT molecular complexity index is 781. The third kappa shape index (κ3) is 5.81. The maximum atomic E-state index is 4.80. The van der Waals surface area contributed by atoms with Crippen LogP contribution in [0.15, 0.2) is 23.2 Å². The Balaban J connectivity index is 1.62. The van der Waals surface area contributed by atoms with Gasteiger partial charge in [0, 0.05) is 19.6 Å². The summed E-state index contributed by atoms with van der Waals surface area (Å²) >= 11 is 0. The van der Waals surface area contributed by atoms with Crippen molar-refractivity contribution in [3.8, 4) is 0 Å². The zero-order valence-corrected chi connectivity index (χ0v) is 17.8. The van der Waals surface area contributed by atoms with E-state index >= 15 is 0 Å². The smallest absolute Gasteiger partial charge is 0.191 e. The predicted molar refractivity (Wildman–Crippen MR) is 115 cm³/mol. The lowest BCUT2D eigenvalue weighted by Gasteiger charge is -2.25. The standard InChI is InChI=1S/C22H34N6/c1-16-12-17(2)14-19(13-16)10-11-23-22(25-20-8-6-5-7-9-20)24-15-21-27-26-18(3)28(21)4/h12-14,20H,5-11,15H2,1-4H3,(H2,23,24,25). The number of aromatic nitrogens is 3. The summed E-state index contributed by atoms with van der Waals surface area (Å²) in [5, 5.41) is 15.5. The number of benzene rings is 1. The van der Waals surface area contributed by atoms with E-state index in [4.69, 9.17) is 4.99 Å². The van der Waals surface area contributed by atoms with Crippen molar-refractivity contribution >= 4 is 5.96 Å². The van der Waals surface area contributed by atoms with E-state index in [-0.39, 0.29) is 0 Å². The van der Waals surface area contributed by atoms with Crippen LogP contribution >= 0.6 is 0 Å². The van der Waals surface area contributed by atoms with Crippen molar-refractivity contribution in [1.29, 1.82) is 0 Å². The summed E-state index contributed by atoms with van der Waals surface area (Å²) in [4.78, 5) is 4.80. The molecule has 0 saturated heterocycles. The number of aryl methyl sites for hydroxylation is 3. The van der Waals surface area contributed by atoms with Crippen molar-refractivity contribution in [2.24, 2.45) is 12.0 Å². The average Bonchev–Trinajstić information content (AvgIpc) is 2.98. The van der Waals surface area contributed by atoms with Crippen LogP contribution in [0.5, 0.6) is 0 Å². The molecule has 1 aromatic carbocycles. The highest BCUT2D eigenvalue weighted by Gasteiger charge is 2.15. The van der Waals surface area contributed by atoms with E-state index < -0.39 is 0 Å². The van der Waals surface area contributed by atoms with Gasteiger partial charge in [-0.1, -0.05) is 48.6 Å². The largest absolute Gasteiger partial charge is 0.356 e. The zero-order valence-electron chi connectivity index (χ0n) is 17.8. The van der Waals surface area contributed by atoms with Gasteiger partial charge < -0.3 is 15.2 Å². The molecule has 0 unspecified atom stereocenters. The minimum Gasteiger partial charge on any atom is -0.356 e. The van der Waals surface area contributed by atoms with Gasteiger partial charge in [0.1, 0.15) is 12.4 Å². The van der Waals surface area contributed by atoms with Crippen LogP contribution in [-0.2, 0) is 20.0 Å². The molecule has 0 aliphatic heterocycles. The molecule has 1 heterocycles. The zero-order chi connectivity index (χ0) is 19.9. The van der Waals surface area contributed by atoms with E-state index in [1.807, 2.05) is 18.5 Å². The highest BCUT2D eigenvalue weighted by molar-refractivity contribution is 5.80. The summed E-state index contributed by atoms with van der Waals surface area (Å²) in [6.45, 7) is 7.67. The first kappa shape index (κ1) is 20.4. The van der Waals surface area contributed by atoms with Crippen LogP contribution in [0.4, 0.5) is 0 Å². The van der Waals surface area contributed by atoms with Gasteiger partial charge in [-0.05, 0) is 45.6 Å². The number of guanidine groups is 1. The normalized spacial score (nSPS) is 15.6. The molecule has 1 aromatic heterocycles. The molecule has 0 amide bonds. The molecule has 0 radical (unpaired) electrons. The number of nitrogens with zero attached hydrogens (tertiary/aromatic N) is 4. The van der Waals surface area contributed by atoms with Gasteiger partial charge in [0.05, 0.1) is 0 Å². The Morgan fingerprint density at radius 3 is 2.43 bits per heavy atom. The fraction of sp³-hybridized carbons (Fsp3) is 0.591. The number of aliphatic imine (C=N–C) groups is 1. The molecule has 2 aromatic rings. The second-order valence-electron chi connectivity index (χ2n) is 8.04. The van der Waals surface area contributed by atoms with E-state index in [0.29, 0.717) is 12.6 Å². The van der Waals surface area contributed by atoms with Gasteiger partial charge in [-0.3, -0.25) is 0 Å². The fourth-order valence-corrected chi connectivity index (χ4v) is 3.87. The molecule has 0 spiro atoms. The fourth-order valence-electron chi connectivity index (χ4n) is 3.87. The first-order chi connectivity index (χ1) is 13.5. The Hall–Kier alpha value is -2.37. The van der Waals surface area contributed by atoms with Gasteiger partial charge in [-0.2, -0.15) is 0 Å². The Labute approximate surface area is 168 Å². The summed E-state index contributed by atoms with van der Waals surface area (Å²) in [6, 6.07) is 7.27. The monoisotopic (exact) mass is 382 g/mol. The maximum absolute atomic E-state index is 4.80. The van der Waals surface area contributed by atoms with Crippen molar-refractivity contribution in [3.63, 3.8) is 0 Å². The van der Waals surface area contributed by atoms with Crippen LogP contribution in [-0.4, -0.2) is 33.3 Å². The minimum atomic E-state index is 0.516. The first-order valence-corrected chi connectivity index (χ1v) is 10.5. The summed E-state index contributed by atoms with van der Waals surface area (Å²) in [5.41, 5.74) is 4.01. The van der Waals surface area contributed by atoms with Gasteiger partial charge in [0.2, 0.25) is 0 Å². The molecule has 1 aliphatic carbocycles. The van der Waals surface area contributed by atoms with Gasteiger partial charge in [0.15, 0.2) is 11.8 Å². The maximum Gasteiger partial charge on any atom is 0.191 e. The van der Waals surface area contributed by atoms with Crippen LogP contribution in [0.3, 0.4) is 0 Å². The molecule has 0 atom stereocenters. The highest BCUT2D eigenvalue weighted by atomic mass is 15.3. The Kier molecular flexibility index (Phi) is 7.06. The summed E-state index contributed by atoms with van der Waals surface area (Å²) in [5.74, 6) is 2.68. The lowest BCUT2D eigenvalue weighted by molar-refractivity contribution is 0.410. The molecule has 28 heavy (non-hydrogen) atoms. The molecular weight excluding hydrogens is 348 g/mol. The first-order valence-electron chi connectivity index (χ1n) is 10.5. The second kappa shape index (κ2) is 9.71. The predicted octanol–water partition coefficient (Wildman–Crippen LogP) is 3.35. The van der Waals surface area contributed by atoms with Crippen molar-refractivity contribution < 1.29 is 0 Å². The van der Waals surface area contributed by atoms with Gasteiger partial charge >= 0.3 is 0 Å². The van der Waals surface area contributed by atoms with Crippen molar-refractivity contribution in [2.45, 2.75) is 71.9 Å². The molecule has 3 rings (SSSR count). The molecule has 1 saturated carbocycles. The average molecular weight is 383 g/mol. The lowest BCUT2D eigenvalue weighted by Crippen LogP contribution is -2.44. The molecule has 1 aliphatic rings. The summed E-state index contributed by atoms with van der Waals surface area (Å²) < 4.78 is 2.00. The van der Waals surface area contributed by atoms with Crippen molar-refractivity contribution in [1.82, 2.24) is 25.4 Å². The van der Waals surface area contributed by atoms with E-state index in [9.17, 15) is 0 Å². The number of rotatable bonds is 6. The number of hydrogen-bond acceptors (Lipinski definition) is 3. The molecule has 6 nitrogen and oxygen atoms in total. The Morgan fingerprint density at radius 2 is 1.79 bits per heavy atom. The van der Waals surface area contributed by atoms with E-state index in [0.717, 1.165) is 30.6 Å². The topological polar surface area (TPSA) is 67.1 Å². The molecular formula is C22H34N6. The van der Waals surface area contributed by atoms with Crippen LogP contribution in [0.2, 0.25) is 0 Å². The van der Waals surface area contributed by atoms with Gasteiger partial charge in [-0.25, -0.2) is 4.99 Å². The second-order valence-corrected chi connectivity index (χ2v) is 8.04. The van der Waals surface area contributed by atoms with E-state index in [1.54, 1.807) is 0 Å². The third-order valence-corrected chi connectivity index (χ3v) is 5.49. The lowest BCUT2D eigenvalue weighted by atomic mass is 9.96. The molecule has 2 N–H and O–H groups in total. The minimum absolute atomic E-state index is 0.516. The molecule has 152 valence electrons. The van der Waals surface area contributed by atoms with E-state index in [1.165, 1.54) is 48.8 Å². The Morgan fingerprint density at radius 1 is 1.07 bits per heavy atom. The summed E-state index contributed by atoms with van der Waals surface area (Å²) in [7, 11) is 1.99. The van der Waals surface area contributed by atoms with Crippen molar-refractivity contribution in [2.75, 3.05) is 6.54 Å². The third-order valence-electron chi connectivity index (χ3n) is 5.49. The van der Waals surface area contributed by atoms with Crippen LogP contribution in [0.1, 0.15) is 60.4 Å². The van der Waals surface area contributed by atoms with Crippen LogP contribution in [0, 0.1) is 20.8 Å². The van der Waals surface area contributed by atoms with E-state index in [2.05, 4.69) is 52.9 Å². The molecule has 1 fully saturated rings. The summed E-state index contributed by atoms with van der Waals surface area (Å²) in [6.07, 6.45) is 7.38. The molecule has 0 bridgehead atoms. The van der Waals surface area contributed by atoms with Crippen LogP contribution < -0.4 is 10.6 Å². The number of nitrogens with one attached hydrogen (secondary N) is 2. The quantitative estimate of drug-likeness (QED) is 0.594. The highest BCUT2D eigenvalue weighted by Crippen LogP contribution is 2.17. The molecule has 6 heteroatoms.